The van der Waals surface area contributed by atoms with Crippen LogP contribution in [0.5, 0.6) is 11.5 Å². The summed E-state index contributed by atoms with van der Waals surface area (Å²) in [5, 5.41) is 0. The van der Waals surface area contributed by atoms with Crippen LogP contribution in [0.25, 0.3) is 0 Å². The second-order valence-electron chi connectivity index (χ2n) is 6.96. The maximum atomic E-state index is 12.5. The molecule has 2 amide bonds. The Hall–Kier alpha value is -2.33. The lowest BCUT2D eigenvalue weighted by atomic mass is 10.1. The Balaban J connectivity index is 1.55. The van der Waals surface area contributed by atoms with Crippen LogP contribution in [0.3, 0.4) is 0 Å². The minimum Gasteiger partial charge on any atom is -0.493 e. The van der Waals surface area contributed by atoms with Gasteiger partial charge in [-0.3, -0.25) is 14.5 Å². The molecule has 2 heterocycles. The summed E-state index contributed by atoms with van der Waals surface area (Å²) in [4.78, 5) is 27.9. The topological polar surface area (TPSA) is 119 Å². The number of hydrogen-bond acceptors (Lipinski definition) is 7. The number of nitrogens with two attached hydrogens (primary N) is 1. The van der Waals surface area contributed by atoms with Crippen molar-refractivity contribution in [3.63, 3.8) is 0 Å². The van der Waals surface area contributed by atoms with Gasteiger partial charge in [-0.1, -0.05) is 6.07 Å². The molecule has 2 aliphatic heterocycles. The molecule has 10 heteroatoms. The molecule has 0 aromatic heterocycles. The number of methoxy groups -OCH3 is 1. The van der Waals surface area contributed by atoms with Crippen molar-refractivity contribution in [2.45, 2.75) is 12.5 Å². The first-order valence-electron chi connectivity index (χ1n) is 9.12. The van der Waals surface area contributed by atoms with E-state index in [9.17, 15) is 18.0 Å². The Morgan fingerprint density at radius 3 is 2.50 bits per heavy atom. The largest absolute Gasteiger partial charge is 0.493 e. The molecule has 0 saturated carbocycles. The molecule has 2 aliphatic rings. The SMILES string of the molecule is COc1cccc(C(N)=O)c1OCC(=O)N1CCN([C@@H]2CCS(=O)(=O)C2)CC1. The molecule has 2 fully saturated rings. The molecule has 0 bridgehead atoms. The smallest absolute Gasteiger partial charge is 0.260 e. The van der Waals surface area contributed by atoms with E-state index >= 15 is 0 Å². The molecule has 2 N–H and O–H groups in total. The van der Waals surface area contributed by atoms with E-state index in [1.165, 1.54) is 13.2 Å². The van der Waals surface area contributed by atoms with Crippen molar-refractivity contribution < 1.29 is 27.5 Å². The molecule has 0 unspecified atom stereocenters. The summed E-state index contributed by atoms with van der Waals surface area (Å²) in [5.41, 5.74) is 5.52. The van der Waals surface area contributed by atoms with E-state index in [-0.39, 0.29) is 41.4 Å². The average molecular weight is 411 g/mol. The molecule has 1 aromatic carbocycles. The fourth-order valence-corrected chi connectivity index (χ4v) is 5.41. The van der Waals surface area contributed by atoms with Crippen molar-refractivity contribution in [1.29, 1.82) is 0 Å². The molecule has 154 valence electrons. The number of hydrogen-bond donors (Lipinski definition) is 1. The van der Waals surface area contributed by atoms with E-state index in [0.29, 0.717) is 38.3 Å². The van der Waals surface area contributed by atoms with E-state index < -0.39 is 15.7 Å². The highest BCUT2D eigenvalue weighted by atomic mass is 32.2. The molecular formula is C18H25N3O6S. The summed E-state index contributed by atoms with van der Waals surface area (Å²) in [5.74, 6) is 0.0537. The molecule has 0 spiro atoms. The van der Waals surface area contributed by atoms with Crippen LogP contribution in [-0.2, 0) is 14.6 Å². The van der Waals surface area contributed by atoms with E-state index in [1.807, 2.05) is 0 Å². The fourth-order valence-electron chi connectivity index (χ4n) is 3.64. The minimum absolute atomic E-state index is 0.0465. The molecular weight excluding hydrogens is 386 g/mol. The quantitative estimate of drug-likeness (QED) is 0.670. The number of benzene rings is 1. The molecule has 0 radical (unpaired) electrons. The van der Waals surface area contributed by atoms with Crippen molar-refractivity contribution in [1.82, 2.24) is 9.80 Å². The number of piperazine rings is 1. The normalized spacial score (nSPS) is 22.0. The highest BCUT2D eigenvalue weighted by Gasteiger charge is 2.34. The van der Waals surface area contributed by atoms with Gasteiger partial charge in [-0.25, -0.2) is 8.42 Å². The van der Waals surface area contributed by atoms with E-state index in [4.69, 9.17) is 15.2 Å². The first-order chi connectivity index (χ1) is 13.3. The van der Waals surface area contributed by atoms with Crippen LogP contribution in [0.1, 0.15) is 16.8 Å². The Bertz CT molecular complexity index is 849. The summed E-state index contributed by atoms with van der Waals surface area (Å²) in [7, 11) is -1.48. The number of rotatable bonds is 6. The highest BCUT2D eigenvalue weighted by Crippen LogP contribution is 2.30. The Morgan fingerprint density at radius 2 is 1.93 bits per heavy atom. The zero-order valence-electron chi connectivity index (χ0n) is 15.8. The Labute approximate surface area is 164 Å². The zero-order valence-corrected chi connectivity index (χ0v) is 16.6. The standard InChI is InChI=1S/C18H25N3O6S/c1-26-15-4-2-3-14(18(19)23)17(15)27-11-16(22)21-8-6-20(7-9-21)13-5-10-28(24,25)12-13/h2-4,13H,5-12H2,1H3,(H2,19,23)/t13-/m1/s1. The second-order valence-corrected chi connectivity index (χ2v) is 9.19. The van der Waals surface area contributed by atoms with Crippen molar-refractivity contribution in [2.24, 2.45) is 5.73 Å². The minimum atomic E-state index is -2.92. The molecule has 9 nitrogen and oxygen atoms in total. The van der Waals surface area contributed by atoms with Crippen LogP contribution in [0.15, 0.2) is 18.2 Å². The van der Waals surface area contributed by atoms with Crippen molar-refractivity contribution in [3.05, 3.63) is 23.8 Å². The lowest BCUT2D eigenvalue weighted by Gasteiger charge is -2.37. The Kier molecular flexibility index (Phi) is 6.09. The average Bonchev–Trinajstić information content (AvgIpc) is 3.05. The number of amides is 2. The van der Waals surface area contributed by atoms with Crippen LogP contribution in [0.4, 0.5) is 0 Å². The predicted molar refractivity (Wildman–Crippen MR) is 102 cm³/mol. The summed E-state index contributed by atoms with van der Waals surface area (Å²) < 4.78 is 34.1. The van der Waals surface area contributed by atoms with Crippen LogP contribution in [0.2, 0.25) is 0 Å². The van der Waals surface area contributed by atoms with Gasteiger partial charge >= 0.3 is 0 Å². The van der Waals surface area contributed by atoms with Crippen LogP contribution in [-0.4, -0.2) is 87.5 Å². The monoisotopic (exact) mass is 411 g/mol. The van der Waals surface area contributed by atoms with Gasteiger partial charge in [0.1, 0.15) is 0 Å². The lowest BCUT2D eigenvalue weighted by Crippen LogP contribution is -2.53. The van der Waals surface area contributed by atoms with Gasteiger partial charge in [0.25, 0.3) is 11.8 Å². The maximum absolute atomic E-state index is 12.5. The maximum Gasteiger partial charge on any atom is 0.260 e. The van der Waals surface area contributed by atoms with E-state index in [0.717, 1.165) is 0 Å². The van der Waals surface area contributed by atoms with Gasteiger partial charge in [0.05, 0.1) is 24.2 Å². The summed E-state index contributed by atoms with van der Waals surface area (Å²) in [6.07, 6.45) is 0.656. The number of para-hydroxylation sites is 1. The summed E-state index contributed by atoms with van der Waals surface area (Å²) in [6, 6.07) is 4.81. The number of nitrogens with zero attached hydrogens (tertiary/aromatic N) is 2. The third-order valence-corrected chi connectivity index (χ3v) is 6.95. The van der Waals surface area contributed by atoms with Crippen molar-refractivity contribution in [3.8, 4) is 11.5 Å². The van der Waals surface area contributed by atoms with Gasteiger partial charge in [0.2, 0.25) is 0 Å². The van der Waals surface area contributed by atoms with Gasteiger partial charge < -0.3 is 20.1 Å². The Morgan fingerprint density at radius 1 is 1.21 bits per heavy atom. The fraction of sp³-hybridized carbons (Fsp3) is 0.556. The first-order valence-corrected chi connectivity index (χ1v) is 10.9. The van der Waals surface area contributed by atoms with Crippen LogP contribution >= 0.6 is 0 Å². The second kappa shape index (κ2) is 8.36. The van der Waals surface area contributed by atoms with E-state index in [2.05, 4.69) is 4.90 Å². The molecule has 2 saturated heterocycles. The van der Waals surface area contributed by atoms with Gasteiger partial charge in [-0.05, 0) is 18.6 Å². The number of carbonyl (C=O) groups excluding carboxylic acids is 2. The lowest BCUT2D eigenvalue weighted by molar-refractivity contribution is -0.135. The molecule has 0 aliphatic carbocycles. The molecule has 1 aromatic rings. The molecule has 3 rings (SSSR count). The molecule has 28 heavy (non-hydrogen) atoms. The van der Waals surface area contributed by atoms with E-state index in [1.54, 1.807) is 17.0 Å². The summed E-state index contributed by atoms with van der Waals surface area (Å²) >= 11 is 0. The third-order valence-electron chi connectivity index (χ3n) is 5.20. The predicted octanol–water partition coefficient (Wildman–Crippen LogP) is -0.496. The highest BCUT2D eigenvalue weighted by molar-refractivity contribution is 7.91. The van der Waals surface area contributed by atoms with Crippen LogP contribution < -0.4 is 15.2 Å². The zero-order chi connectivity index (χ0) is 20.3. The van der Waals surface area contributed by atoms with Crippen molar-refractivity contribution >= 4 is 21.7 Å². The van der Waals surface area contributed by atoms with Gasteiger partial charge in [0, 0.05) is 32.2 Å². The van der Waals surface area contributed by atoms with Gasteiger partial charge in [0.15, 0.2) is 27.9 Å². The number of carbonyl (C=O) groups is 2. The third kappa shape index (κ3) is 4.56. The number of sulfone groups is 1. The van der Waals surface area contributed by atoms with Gasteiger partial charge in [-0.15, -0.1) is 0 Å². The van der Waals surface area contributed by atoms with Crippen LogP contribution in [0, 0.1) is 0 Å². The number of primary amides is 1. The number of ether oxygens (including phenoxy) is 2. The van der Waals surface area contributed by atoms with Gasteiger partial charge in [-0.2, -0.15) is 0 Å². The van der Waals surface area contributed by atoms with Crippen molar-refractivity contribution in [2.75, 3.05) is 51.4 Å². The molecule has 1 atom stereocenters. The first kappa shape index (κ1) is 20.4. The summed E-state index contributed by atoms with van der Waals surface area (Å²) in [6.45, 7) is 2.04.